The maximum atomic E-state index is 13.3. The first-order valence-electron chi connectivity index (χ1n) is 10.3. The van der Waals surface area contributed by atoms with Crippen molar-refractivity contribution in [3.63, 3.8) is 0 Å². The highest BCUT2D eigenvalue weighted by Crippen LogP contribution is 2.46. The Balaban J connectivity index is 1.61. The summed E-state index contributed by atoms with van der Waals surface area (Å²) in [6.45, 7) is 2.69. The van der Waals surface area contributed by atoms with Gasteiger partial charge in [0.1, 0.15) is 0 Å². The van der Waals surface area contributed by atoms with E-state index >= 15 is 0 Å². The van der Waals surface area contributed by atoms with Gasteiger partial charge in [-0.05, 0) is 49.7 Å². The van der Waals surface area contributed by atoms with Gasteiger partial charge in [-0.25, -0.2) is 0 Å². The Kier molecular flexibility index (Phi) is 4.62. The van der Waals surface area contributed by atoms with Gasteiger partial charge in [0, 0.05) is 17.8 Å². The Morgan fingerprint density at radius 2 is 2.00 bits per heavy atom. The lowest BCUT2D eigenvalue weighted by molar-refractivity contribution is -0.139. The number of amides is 1. The molecule has 0 bridgehead atoms. The number of allylic oxidation sites excluding steroid dienone is 4. The Labute approximate surface area is 175 Å². The van der Waals surface area contributed by atoms with Crippen LogP contribution in [0.2, 0.25) is 0 Å². The van der Waals surface area contributed by atoms with Crippen LogP contribution in [0.15, 0.2) is 53.4 Å². The summed E-state index contributed by atoms with van der Waals surface area (Å²) in [4.78, 5) is 29.9. The van der Waals surface area contributed by atoms with Crippen molar-refractivity contribution in [3.05, 3.63) is 59.0 Å². The third-order valence-corrected chi connectivity index (χ3v) is 6.10. The van der Waals surface area contributed by atoms with E-state index in [9.17, 15) is 9.59 Å². The summed E-state index contributed by atoms with van der Waals surface area (Å²) < 4.78 is 11.0. The number of carbonyl (C=O) groups is 2. The van der Waals surface area contributed by atoms with Crippen molar-refractivity contribution in [3.8, 4) is 11.5 Å². The number of Topliss-reactive ketones (excluding diaryl/α,β-unsaturated/α-hetero) is 1. The standard InChI is InChI=1S/C23H25N3O4/c1-3-4-5-16-8-15-9-17-18(27)11-25(2)12-21(28)26(17)23(22(15)24-16)14-6-7-19-20(10-14)30-13-29-19/h3-7,10,17,23-24H,8-9,11-13H2,1-2H3/b4-3-,16-5+/t17-,23-/m1/s1. The van der Waals surface area contributed by atoms with E-state index < -0.39 is 6.04 Å². The largest absolute Gasteiger partial charge is 0.454 e. The highest BCUT2D eigenvalue weighted by atomic mass is 16.7. The molecule has 5 rings (SSSR count). The zero-order valence-corrected chi connectivity index (χ0v) is 17.2. The summed E-state index contributed by atoms with van der Waals surface area (Å²) in [5, 5.41) is 3.54. The minimum Gasteiger partial charge on any atom is -0.454 e. The summed E-state index contributed by atoms with van der Waals surface area (Å²) in [6.07, 6.45) is 7.38. The van der Waals surface area contributed by atoms with Crippen molar-refractivity contribution in [2.24, 2.45) is 0 Å². The normalized spacial score (nSPS) is 27.5. The molecule has 4 aliphatic heterocycles. The van der Waals surface area contributed by atoms with Crippen molar-refractivity contribution in [1.29, 1.82) is 0 Å². The Hall–Kier alpha value is -3.06. The van der Waals surface area contributed by atoms with Crippen LogP contribution in [0, 0.1) is 0 Å². The molecule has 1 amide bonds. The van der Waals surface area contributed by atoms with Gasteiger partial charge < -0.3 is 19.7 Å². The van der Waals surface area contributed by atoms with Gasteiger partial charge >= 0.3 is 0 Å². The molecule has 30 heavy (non-hydrogen) atoms. The van der Waals surface area contributed by atoms with Crippen molar-refractivity contribution in [1.82, 2.24) is 15.1 Å². The van der Waals surface area contributed by atoms with E-state index in [1.165, 1.54) is 5.57 Å². The SMILES string of the molecule is C/C=C\C=C1/CC2=C(N1)[C@@H](c1ccc3c(c1)OCO3)N1C(=O)CN(C)CC(=O)[C@H]1C2. The van der Waals surface area contributed by atoms with Crippen LogP contribution in [0.1, 0.15) is 31.4 Å². The van der Waals surface area contributed by atoms with E-state index in [2.05, 4.69) is 11.4 Å². The summed E-state index contributed by atoms with van der Waals surface area (Å²) >= 11 is 0. The van der Waals surface area contributed by atoms with Gasteiger partial charge in [0.15, 0.2) is 17.3 Å². The van der Waals surface area contributed by atoms with E-state index in [4.69, 9.17) is 9.47 Å². The van der Waals surface area contributed by atoms with Crippen molar-refractivity contribution >= 4 is 11.7 Å². The van der Waals surface area contributed by atoms with Gasteiger partial charge in [0.05, 0.1) is 25.2 Å². The fraction of sp³-hybridized carbons (Fsp3) is 0.391. The average molecular weight is 407 g/mol. The van der Waals surface area contributed by atoms with Crippen LogP contribution in [0.4, 0.5) is 0 Å². The van der Waals surface area contributed by atoms with Gasteiger partial charge in [-0.2, -0.15) is 0 Å². The van der Waals surface area contributed by atoms with Crippen LogP contribution in [0.25, 0.3) is 0 Å². The molecule has 1 aromatic carbocycles. The second kappa shape index (κ2) is 7.32. The lowest BCUT2D eigenvalue weighted by atomic mass is 9.87. The third kappa shape index (κ3) is 3.10. The number of nitrogens with one attached hydrogen (secondary N) is 1. The number of rotatable bonds is 2. The first kappa shape index (κ1) is 18.9. The molecule has 1 saturated heterocycles. The molecule has 0 spiro atoms. The first-order valence-corrected chi connectivity index (χ1v) is 10.3. The number of benzene rings is 1. The number of ether oxygens (including phenoxy) is 2. The molecule has 1 N–H and O–H groups in total. The minimum absolute atomic E-state index is 0.0322. The molecule has 1 aromatic rings. The highest BCUT2D eigenvalue weighted by molar-refractivity contribution is 5.94. The summed E-state index contributed by atoms with van der Waals surface area (Å²) in [5.74, 6) is 1.43. The maximum Gasteiger partial charge on any atom is 0.238 e. The number of fused-ring (bicyclic) bond motifs is 2. The maximum absolute atomic E-state index is 13.3. The number of hydrogen-bond donors (Lipinski definition) is 1. The Morgan fingerprint density at radius 3 is 2.83 bits per heavy atom. The smallest absolute Gasteiger partial charge is 0.238 e. The number of likely N-dealkylation sites (N-methyl/N-ethyl adjacent to an activating group) is 1. The fourth-order valence-electron chi connectivity index (χ4n) is 4.78. The first-order chi connectivity index (χ1) is 14.5. The molecule has 0 saturated carbocycles. The lowest BCUT2D eigenvalue weighted by Crippen LogP contribution is -2.50. The van der Waals surface area contributed by atoms with E-state index in [1.54, 1.807) is 9.80 Å². The zero-order chi connectivity index (χ0) is 20.8. The molecule has 156 valence electrons. The van der Waals surface area contributed by atoms with E-state index in [1.807, 2.05) is 44.3 Å². The predicted octanol–water partition coefficient (Wildman–Crippen LogP) is 2.28. The molecule has 2 atom stereocenters. The fourth-order valence-corrected chi connectivity index (χ4v) is 4.78. The molecule has 7 nitrogen and oxygen atoms in total. The number of ketones is 1. The van der Waals surface area contributed by atoms with Gasteiger partial charge in [-0.15, -0.1) is 0 Å². The highest BCUT2D eigenvalue weighted by Gasteiger charge is 2.46. The summed E-state index contributed by atoms with van der Waals surface area (Å²) in [5.41, 5.74) is 4.20. The van der Waals surface area contributed by atoms with E-state index in [0.29, 0.717) is 17.9 Å². The van der Waals surface area contributed by atoms with Crippen molar-refractivity contribution in [2.45, 2.75) is 31.8 Å². The molecule has 7 heteroatoms. The van der Waals surface area contributed by atoms with E-state index in [-0.39, 0.29) is 37.6 Å². The molecule has 4 heterocycles. The van der Waals surface area contributed by atoms with E-state index in [0.717, 1.165) is 23.4 Å². The summed E-state index contributed by atoms with van der Waals surface area (Å²) in [6, 6.07) is 4.98. The molecule has 0 aromatic heterocycles. The second-order valence-corrected chi connectivity index (χ2v) is 8.21. The molecule has 0 aliphatic carbocycles. The Morgan fingerprint density at radius 1 is 1.17 bits per heavy atom. The Bertz CT molecular complexity index is 1010. The quantitative estimate of drug-likeness (QED) is 0.811. The van der Waals surface area contributed by atoms with Gasteiger partial charge in [0.2, 0.25) is 12.7 Å². The lowest BCUT2D eigenvalue weighted by Gasteiger charge is -2.41. The molecule has 0 radical (unpaired) electrons. The zero-order valence-electron chi connectivity index (χ0n) is 17.2. The number of hydrogen-bond acceptors (Lipinski definition) is 6. The van der Waals surface area contributed by atoms with Crippen LogP contribution < -0.4 is 14.8 Å². The molecule has 1 fully saturated rings. The number of carbonyl (C=O) groups excluding carboxylic acids is 2. The molecular formula is C23H25N3O4. The predicted molar refractivity (Wildman–Crippen MR) is 111 cm³/mol. The van der Waals surface area contributed by atoms with Crippen molar-refractivity contribution < 1.29 is 19.1 Å². The van der Waals surface area contributed by atoms with Crippen LogP contribution in [0.3, 0.4) is 0 Å². The monoisotopic (exact) mass is 407 g/mol. The third-order valence-electron chi connectivity index (χ3n) is 6.10. The van der Waals surface area contributed by atoms with Crippen LogP contribution >= 0.6 is 0 Å². The second-order valence-electron chi connectivity index (χ2n) is 8.21. The minimum atomic E-state index is -0.445. The van der Waals surface area contributed by atoms with Gasteiger partial charge in [-0.1, -0.05) is 18.2 Å². The van der Waals surface area contributed by atoms with Gasteiger partial charge in [-0.3, -0.25) is 14.5 Å². The van der Waals surface area contributed by atoms with Crippen LogP contribution in [-0.4, -0.2) is 54.5 Å². The van der Waals surface area contributed by atoms with Crippen LogP contribution in [0.5, 0.6) is 11.5 Å². The van der Waals surface area contributed by atoms with Crippen LogP contribution in [-0.2, 0) is 9.59 Å². The topological polar surface area (TPSA) is 71.1 Å². The molecular weight excluding hydrogens is 382 g/mol. The van der Waals surface area contributed by atoms with Gasteiger partial charge in [0.25, 0.3) is 0 Å². The summed E-state index contributed by atoms with van der Waals surface area (Å²) in [7, 11) is 1.82. The average Bonchev–Trinajstić information content (AvgIpc) is 3.33. The number of nitrogens with zero attached hydrogens (tertiary/aromatic N) is 2. The molecule has 0 unspecified atom stereocenters. The molecule has 4 aliphatic rings. The van der Waals surface area contributed by atoms with Crippen molar-refractivity contribution in [2.75, 3.05) is 26.9 Å².